The number of unbranched alkanes of at least 4 members (excludes halogenated alkanes) is 6. The van der Waals surface area contributed by atoms with Gasteiger partial charge in [-0.1, -0.05) is 106 Å². The van der Waals surface area contributed by atoms with Crippen molar-refractivity contribution in [3.8, 4) is 0 Å². The van der Waals surface area contributed by atoms with Crippen molar-refractivity contribution in [3.63, 3.8) is 0 Å². The van der Waals surface area contributed by atoms with Gasteiger partial charge in [0.15, 0.2) is 0 Å². The number of hydrogen-bond donors (Lipinski definition) is 0. The van der Waals surface area contributed by atoms with Crippen LogP contribution in [0.5, 0.6) is 0 Å². The maximum atomic E-state index is 15.6. The van der Waals surface area contributed by atoms with Crippen LogP contribution in [0.25, 0.3) is 0 Å². The lowest BCUT2D eigenvalue weighted by Crippen LogP contribution is -2.26. The molecule has 0 radical (unpaired) electrons. The van der Waals surface area contributed by atoms with Crippen LogP contribution in [0.1, 0.15) is 130 Å². The number of rotatable bonds is 15. The Bertz CT molecular complexity index is 1360. The molecular weight excluding hydrogens is 535 g/mol. The van der Waals surface area contributed by atoms with Crippen LogP contribution in [0.3, 0.4) is 0 Å². The monoisotopic (exact) mass is 586 g/mol. The van der Waals surface area contributed by atoms with Crippen molar-refractivity contribution in [1.82, 2.24) is 0 Å². The van der Waals surface area contributed by atoms with Gasteiger partial charge in [-0.25, -0.2) is 0 Å². The van der Waals surface area contributed by atoms with E-state index in [1.165, 1.54) is 24.8 Å². The molecule has 42 heavy (non-hydrogen) atoms. The highest BCUT2D eigenvalue weighted by atomic mass is 31.2. The maximum absolute atomic E-state index is 15.6. The largest absolute Gasteiger partial charge is 0.302 e. The SMILES string of the molecule is CCCCCCc1ccc(P(=O)(C(=O)c2c(C)cc(C)cc2C)C(=O)c2c(C)cc(C)cc2C)c(CCCCCC)c1. The normalized spacial score (nSPS) is 11.6. The molecular formula is C38H51O3P. The van der Waals surface area contributed by atoms with Gasteiger partial charge in [-0.2, -0.15) is 0 Å². The Kier molecular flexibility index (Phi) is 12.1. The predicted octanol–water partition coefficient (Wildman–Crippen LogP) is 10.5. The summed E-state index contributed by atoms with van der Waals surface area (Å²) in [4.78, 5) is 29.4. The Morgan fingerprint density at radius 3 is 1.43 bits per heavy atom. The second kappa shape index (κ2) is 15.1. The van der Waals surface area contributed by atoms with Gasteiger partial charge in [0, 0.05) is 16.4 Å². The summed E-state index contributed by atoms with van der Waals surface area (Å²) in [6.45, 7) is 15.9. The Morgan fingerprint density at radius 1 is 0.571 bits per heavy atom. The smallest absolute Gasteiger partial charge is 0.248 e. The Labute approximate surface area is 254 Å². The minimum absolute atomic E-state index is 0.417. The molecule has 3 nitrogen and oxygen atoms in total. The number of carbonyl (C=O) groups excluding carboxylic acids is 2. The molecule has 0 bridgehead atoms. The van der Waals surface area contributed by atoms with Gasteiger partial charge in [0.25, 0.3) is 0 Å². The van der Waals surface area contributed by atoms with E-state index in [0.717, 1.165) is 77.5 Å². The first-order valence-electron chi connectivity index (χ1n) is 15.9. The van der Waals surface area contributed by atoms with Crippen LogP contribution in [-0.4, -0.2) is 11.0 Å². The molecule has 0 aliphatic rings. The minimum Gasteiger partial charge on any atom is -0.302 e. The molecule has 3 aromatic rings. The zero-order valence-electron chi connectivity index (χ0n) is 27.3. The van der Waals surface area contributed by atoms with Crippen molar-refractivity contribution in [3.05, 3.63) is 98.1 Å². The van der Waals surface area contributed by atoms with Crippen LogP contribution in [0, 0.1) is 41.5 Å². The van der Waals surface area contributed by atoms with E-state index in [-0.39, 0.29) is 0 Å². The summed E-state index contributed by atoms with van der Waals surface area (Å²) >= 11 is 0. The first-order chi connectivity index (χ1) is 19.9. The van der Waals surface area contributed by atoms with E-state index in [9.17, 15) is 9.59 Å². The van der Waals surface area contributed by atoms with Crippen LogP contribution < -0.4 is 5.30 Å². The fourth-order valence-corrected chi connectivity index (χ4v) is 9.28. The fraction of sp³-hybridized carbons (Fsp3) is 0.474. The highest BCUT2D eigenvalue weighted by molar-refractivity contribution is 8.01. The van der Waals surface area contributed by atoms with Crippen molar-refractivity contribution in [2.24, 2.45) is 0 Å². The molecule has 4 heteroatoms. The average Bonchev–Trinajstić information content (AvgIpc) is 2.92. The molecule has 0 saturated heterocycles. The van der Waals surface area contributed by atoms with Crippen LogP contribution in [0.2, 0.25) is 0 Å². The maximum Gasteiger partial charge on any atom is 0.248 e. The van der Waals surface area contributed by atoms with Crippen LogP contribution in [0.4, 0.5) is 0 Å². The van der Waals surface area contributed by atoms with Crippen molar-refractivity contribution >= 4 is 23.5 Å². The van der Waals surface area contributed by atoms with Crippen molar-refractivity contribution in [1.29, 1.82) is 0 Å². The van der Waals surface area contributed by atoms with Gasteiger partial charge in [-0.05, 0) is 101 Å². The summed E-state index contributed by atoms with van der Waals surface area (Å²) in [7, 11) is -4.26. The molecule has 0 amide bonds. The van der Waals surface area contributed by atoms with Crippen molar-refractivity contribution in [2.75, 3.05) is 0 Å². The zero-order valence-corrected chi connectivity index (χ0v) is 28.2. The lowest BCUT2D eigenvalue weighted by Gasteiger charge is -2.24. The van der Waals surface area contributed by atoms with E-state index in [4.69, 9.17) is 0 Å². The highest BCUT2D eigenvalue weighted by Crippen LogP contribution is 2.53. The molecule has 0 spiro atoms. The molecule has 0 atom stereocenters. The topological polar surface area (TPSA) is 51.2 Å². The molecule has 0 saturated carbocycles. The molecule has 0 fully saturated rings. The van der Waals surface area contributed by atoms with Gasteiger partial charge >= 0.3 is 0 Å². The molecule has 0 unspecified atom stereocenters. The number of carbonyl (C=O) groups is 2. The highest BCUT2D eigenvalue weighted by Gasteiger charge is 2.46. The quantitative estimate of drug-likeness (QED) is 0.131. The summed E-state index contributed by atoms with van der Waals surface area (Å²) in [5, 5.41) is 0.435. The molecule has 0 N–H and O–H groups in total. The van der Waals surface area contributed by atoms with E-state index >= 15 is 4.57 Å². The standard InChI is InChI=1S/C38H51O3P/c1-9-11-13-15-17-32-19-20-34(33(25-32)18-16-14-12-10-2)42(41,37(39)35-28(5)21-26(3)22-29(35)6)38(40)36-30(7)23-27(4)24-31(36)8/h19-25H,9-18H2,1-8H3. The Balaban J connectivity index is 2.27. The summed E-state index contributed by atoms with van der Waals surface area (Å²) in [6, 6.07) is 13.8. The predicted molar refractivity (Wildman–Crippen MR) is 179 cm³/mol. The van der Waals surface area contributed by atoms with Crippen molar-refractivity contribution in [2.45, 2.75) is 120 Å². The number of benzene rings is 3. The van der Waals surface area contributed by atoms with E-state index in [2.05, 4.69) is 19.9 Å². The van der Waals surface area contributed by atoms with Gasteiger partial charge in [0.1, 0.15) is 0 Å². The summed E-state index contributed by atoms with van der Waals surface area (Å²) < 4.78 is 15.6. The molecule has 0 heterocycles. The number of aryl methyl sites for hydroxylation is 8. The van der Waals surface area contributed by atoms with E-state index in [0.29, 0.717) is 22.9 Å². The fourth-order valence-electron chi connectivity index (χ4n) is 6.46. The van der Waals surface area contributed by atoms with E-state index in [1.807, 2.05) is 77.9 Å². The van der Waals surface area contributed by atoms with Gasteiger partial charge in [-0.15, -0.1) is 0 Å². The van der Waals surface area contributed by atoms with Crippen LogP contribution in [-0.2, 0) is 17.4 Å². The van der Waals surface area contributed by atoms with Gasteiger partial charge in [0.2, 0.25) is 18.2 Å². The number of hydrogen-bond acceptors (Lipinski definition) is 3. The molecule has 0 aliphatic carbocycles. The molecule has 3 rings (SSSR count). The van der Waals surface area contributed by atoms with E-state index < -0.39 is 18.2 Å². The second-order valence-corrected chi connectivity index (χ2v) is 14.9. The third kappa shape index (κ3) is 7.59. The summed E-state index contributed by atoms with van der Waals surface area (Å²) in [5.41, 5.74) is 6.99. The molecule has 3 aromatic carbocycles. The second-order valence-electron chi connectivity index (χ2n) is 12.4. The van der Waals surface area contributed by atoms with Gasteiger partial charge in [-0.3, -0.25) is 9.59 Å². The molecule has 226 valence electrons. The third-order valence-electron chi connectivity index (χ3n) is 8.46. The minimum atomic E-state index is -4.26. The first-order valence-corrected chi connectivity index (χ1v) is 17.6. The Hall–Kier alpha value is -2.77. The zero-order chi connectivity index (χ0) is 31.0. The van der Waals surface area contributed by atoms with Gasteiger partial charge in [0.05, 0.1) is 0 Å². The van der Waals surface area contributed by atoms with Gasteiger partial charge < -0.3 is 4.57 Å². The van der Waals surface area contributed by atoms with Crippen molar-refractivity contribution < 1.29 is 14.2 Å². The molecule has 0 aromatic heterocycles. The average molecular weight is 587 g/mol. The third-order valence-corrected chi connectivity index (χ3v) is 11.2. The van der Waals surface area contributed by atoms with Crippen LogP contribution >= 0.6 is 7.14 Å². The Morgan fingerprint density at radius 2 is 1.00 bits per heavy atom. The summed E-state index contributed by atoms with van der Waals surface area (Å²) in [5.74, 6) is 0. The van der Waals surface area contributed by atoms with Crippen LogP contribution in [0.15, 0.2) is 42.5 Å². The summed E-state index contributed by atoms with van der Waals surface area (Å²) in [6.07, 6.45) is 10.6. The lowest BCUT2D eigenvalue weighted by atomic mass is 10.0. The van der Waals surface area contributed by atoms with E-state index in [1.54, 1.807) is 0 Å². The molecule has 0 aliphatic heterocycles. The lowest BCUT2D eigenvalue weighted by molar-refractivity contribution is 0.104. The first kappa shape index (κ1) is 33.7.